The average Bonchev–Trinajstić information content (AvgIpc) is 2.44. The largest absolute Gasteiger partial charge is 0.497 e. The molecule has 1 atom stereocenters. The van der Waals surface area contributed by atoms with Gasteiger partial charge in [-0.15, -0.1) is 0 Å². The van der Waals surface area contributed by atoms with Crippen molar-refractivity contribution in [1.82, 2.24) is 10.2 Å². The lowest BCUT2D eigenvalue weighted by Gasteiger charge is -2.43. The minimum atomic E-state index is -0.125. The van der Waals surface area contributed by atoms with E-state index in [4.69, 9.17) is 4.74 Å². The Morgan fingerprint density at radius 1 is 1.30 bits per heavy atom. The molecule has 1 aliphatic carbocycles. The van der Waals surface area contributed by atoms with Gasteiger partial charge in [0.05, 0.1) is 7.11 Å². The van der Waals surface area contributed by atoms with Crippen molar-refractivity contribution in [1.29, 1.82) is 0 Å². The van der Waals surface area contributed by atoms with Gasteiger partial charge >= 0.3 is 0 Å². The molecule has 2 aliphatic rings. The molecule has 4 heteroatoms. The predicted octanol–water partition coefficient (Wildman–Crippen LogP) is 2.58. The molecule has 110 valence electrons. The number of benzene rings is 1. The molecule has 1 aromatic carbocycles. The number of hydrogen-bond acceptors (Lipinski definition) is 3. The number of nitrogens with one attached hydrogen (secondary N) is 1. The molecule has 1 saturated carbocycles. The van der Waals surface area contributed by atoms with E-state index in [2.05, 4.69) is 10.2 Å². The molecule has 0 amide bonds. The zero-order valence-electron chi connectivity index (χ0n) is 12.1. The third kappa shape index (κ3) is 2.67. The van der Waals surface area contributed by atoms with Gasteiger partial charge in [0.2, 0.25) is 0 Å². The quantitative estimate of drug-likeness (QED) is 0.916. The van der Waals surface area contributed by atoms with E-state index < -0.39 is 0 Å². The first-order chi connectivity index (χ1) is 9.79. The average molecular weight is 278 g/mol. The second-order valence-corrected chi connectivity index (χ2v) is 5.81. The van der Waals surface area contributed by atoms with Crippen molar-refractivity contribution in [2.45, 2.75) is 25.3 Å². The fourth-order valence-electron chi connectivity index (χ4n) is 3.34. The summed E-state index contributed by atoms with van der Waals surface area (Å²) in [5.74, 6) is 1.08. The first kappa shape index (κ1) is 13.8. The molecular formula is C16H23FN2O. The molecule has 0 radical (unpaired) electrons. The van der Waals surface area contributed by atoms with Crippen LogP contribution in [0.3, 0.4) is 0 Å². The molecular weight excluding hydrogens is 255 g/mol. The van der Waals surface area contributed by atoms with E-state index in [1.165, 1.54) is 25.3 Å². The molecule has 3 nitrogen and oxygen atoms in total. The molecule has 2 fully saturated rings. The van der Waals surface area contributed by atoms with E-state index in [9.17, 15) is 4.39 Å². The molecule has 1 aliphatic heterocycles. The summed E-state index contributed by atoms with van der Waals surface area (Å²) in [6, 6.07) is 5.55. The fraction of sp³-hybridized carbons (Fsp3) is 0.625. The van der Waals surface area contributed by atoms with E-state index in [0.717, 1.165) is 31.7 Å². The molecule has 1 N–H and O–H groups in total. The van der Waals surface area contributed by atoms with Crippen LogP contribution in [0.2, 0.25) is 0 Å². The van der Waals surface area contributed by atoms with Crippen molar-refractivity contribution in [2.24, 2.45) is 5.92 Å². The minimum absolute atomic E-state index is 0.125. The summed E-state index contributed by atoms with van der Waals surface area (Å²) in [5, 5.41) is 3.37. The number of halogens is 1. The van der Waals surface area contributed by atoms with E-state index in [1.54, 1.807) is 7.11 Å². The number of nitrogens with zero attached hydrogens (tertiary/aromatic N) is 1. The van der Waals surface area contributed by atoms with Crippen LogP contribution in [-0.4, -0.2) is 38.2 Å². The van der Waals surface area contributed by atoms with Gasteiger partial charge in [-0.1, -0.05) is 12.5 Å². The Bertz CT molecular complexity index is 456. The highest BCUT2D eigenvalue weighted by Gasteiger charge is 2.35. The van der Waals surface area contributed by atoms with Gasteiger partial charge in [0.15, 0.2) is 0 Å². The van der Waals surface area contributed by atoms with Crippen LogP contribution in [0.5, 0.6) is 5.75 Å². The van der Waals surface area contributed by atoms with Gasteiger partial charge in [-0.2, -0.15) is 0 Å². The highest BCUT2D eigenvalue weighted by atomic mass is 19.1. The van der Waals surface area contributed by atoms with Crippen molar-refractivity contribution < 1.29 is 9.13 Å². The minimum Gasteiger partial charge on any atom is -0.497 e. The van der Waals surface area contributed by atoms with Gasteiger partial charge in [-0.3, -0.25) is 4.90 Å². The van der Waals surface area contributed by atoms with Gasteiger partial charge in [0, 0.05) is 43.9 Å². The Morgan fingerprint density at radius 3 is 2.60 bits per heavy atom. The molecule has 0 aromatic heterocycles. The molecule has 1 aromatic rings. The summed E-state index contributed by atoms with van der Waals surface area (Å²) in [5.41, 5.74) is 0.845. The summed E-state index contributed by atoms with van der Waals surface area (Å²) in [6.07, 6.45) is 3.73. The molecule has 1 saturated heterocycles. The Morgan fingerprint density at radius 2 is 2.05 bits per heavy atom. The van der Waals surface area contributed by atoms with Crippen LogP contribution in [0.25, 0.3) is 0 Å². The highest BCUT2D eigenvalue weighted by Crippen LogP contribution is 2.42. The van der Waals surface area contributed by atoms with E-state index >= 15 is 0 Å². The predicted molar refractivity (Wildman–Crippen MR) is 77.5 cm³/mol. The smallest absolute Gasteiger partial charge is 0.131 e. The lowest BCUT2D eigenvalue weighted by atomic mass is 9.76. The summed E-state index contributed by atoms with van der Waals surface area (Å²) < 4.78 is 19.6. The number of ether oxygens (including phenoxy) is 1. The van der Waals surface area contributed by atoms with Gasteiger partial charge < -0.3 is 10.1 Å². The van der Waals surface area contributed by atoms with Gasteiger partial charge in [-0.25, -0.2) is 4.39 Å². The van der Waals surface area contributed by atoms with Crippen LogP contribution in [0.4, 0.5) is 4.39 Å². The lowest BCUT2D eigenvalue weighted by molar-refractivity contribution is 0.0811. The first-order valence-electron chi connectivity index (χ1n) is 7.58. The summed E-state index contributed by atoms with van der Waals surface area (Å²) in [7, 11) is 1.58. The maximum absolute atomic E-state index is 14.4. The molecule has 0 unspecified atom stereocenters. The van der Waals surface area contributed by atoms with E-state index in [0.29, 0.717) is 11.7 Å². The van der Waals surface area contributed by atoms with Crippen molar-refractivity contribution in [2.75, 3.05) is 33.3 Å². The van der Waals surface area contributed by atoms with Crippen LogP contribution in [0, 0.1) is 11.7 Å². The fourth-order valence-corrected chi connectivity index (χ4v) is 3.34. The van der Waals surface area contributed by atoms with Crippen LogP contribution in [0.1, 0.15) is 30.9 Å². The molecule has 0 bridgehead atoms. The normalized spacial score (nSPS) is 22.3. The van der Waals surface area contributed by atoms with Gasteiger partial charge in [-0.05, 0) is 24.8 Å². The van der Waals surface area contributed by atoms with Crippen LogP contribution >= 0.6 is 0 Å². The zero-order valence-corrected chi connectivity index (χ0v) is 12.1. The topological polar surface area (TPSA) is 24.5 Å². The number of rotatable bonds is 4. The van der Waals surface area contributed by atoms with E-state index in [1.807, 2.05) is 12.1 Å². The van der Waals surface area contributed by atoms with Gasteiger partial charge in [0.25, 0.3) is 0 Å². The molecule has 0 spiro atoms. The first-order valence-corrected chi connectivity index (χ1v) is 7.58. The van der Waals surface area contributed by atoms with Crippen molar-refractivity contribution in [3.8, 4) is 5.75 Å². The molecule has 3 rings (SSSR count). The standard InChI is InChI=1S/C16H23FN2O/c1-20-13-5-6-14(15(17)11-13)16(12-3-2-4-12)19-9-7-18-8-10-19/h5-6,11-12,16,18H,2-4,7-10H2,1H3/t16-/m0/s1. The highest BCUT2D eigenvalue weighted by molar-refractivity contribution is 5.31. The third-order valence-electron chi connectivity index (χ3n) is 4.67. The Balaban J connectivity index is 1.87. The van der Waals surface area contributed by atoms with Crippen molar-refractivity contribution >= 4 is 0 Å². The summed E-state index contributed by atoms with van der Waals surface area (Å²) in [6.45, 7) is 4.02. The maximum atomic E-state index is 14.4. The number of piperazine rings is 1. The second kappa shape index (κ2) is 6.10. The van der Waals surface area contributed by atoms with Crippen molar-refractivity contribution in [3.05, 3.63) is 29.6 Å². The third-order valence-corrected chi connectivity index (χ3v) is 4.67. The monoisotopic (exact) mass is 278 g/mol. The van der Waals surface area contributed by atoms with Gasteiger partial charge in [0.1, 0.15) is 11.6 Å². The summed E-state index contributed by atoms with van der Waals surface area (Å²) in [4.78, 5) is 2.45. The number of methoxy groups -OCH3 is 1. The van der Waals surface area contributed by atoms with E-state index in [-0.39, 0.29) is 11.9 Å². The molecule has 1 heterocycles. The molecule has 20 heavy (non-hydrogen) atoms. The second-order valence-electron chi connectivity index (χ2n) is 5.81. The summed E-state index contributed by atoms with van der Waals surface area (Å²) >= 11 is 0. The Kier molecular flexibility index (Phi) is 4.22. The maximum Gasteiger partial charge on any atom is 0.131 e. The number of hydrogen-bond donors (Lipinski definition) is 1. The lowest BCUT2D eigenvalue weighted by Crippen LogP contribution is -2.48. The van der Waals surface area contributed by atoms with Crippen molar-refractivity contribution in [3.63, 3.8) is 0 Å². The van der Waals surface area contributed by atoms with Crippen LogP contribution in [-0.2, 0) is 0 Å². The van der Waals surface area contributed by atoms with Crippen LogP contribution < -0.4 is 10.1 Å². The van der Waals surface area contributed by atoms with Crippen LogP contribution in [0.15, 0.2) is 18.2 Å². The SMILES string of the molecule is COc1ccc([C@H](C2CCC2)N2CCNCC2)c(F)c1. The Labute approximate surface area is 120 Å². The zero-order chi connectivity index (χ0) is 13.9. The Hall–Kier alpha value is -1.13.